The fourth-order valence-electron chi connectivity index (χ4n) is 3.76. The van der Waals surface area contributed by atoms with Crippen LogP contribution in [0.5, 0.6) is 0 Å². The minimum atomic E-state index is -0.941. The molecule has 150 valence electrons. The van der Waals surface area contributed by atoms with Crippen molar-refractivity contribution in [3.63, 3.8) is 0 Å². The van der Waals surface area contributed by atoms with E-state index in [2.05, 4.69) is 15.3 Å². The topological polar surface area (TPSA) is 95.4 Å². The highest BCUT2D eigenvalue weighted by molar-refractivity contribution is 6.09. The molecule has 2 atom stereocenters. The van der Waals surface area contributed by atoms with E-state index in [1.807, 2.05) is 0 Å². The van der Waals surface area contributed by atoms with Gasteiger partial charge in [-0.25, -0.2) is 18.7 Å². The van der Waals surface area contributed by atoms with Crippen LogP contribution in [0.2, 0.25) is 0 Å². The van der Waals surface area contributed by atoms with Crippen molar-refractivity contribution in [2.24, 2.45) is 0 Å². The average molecular weight is 400 g/mol. The number of carbonyl (C=O) groups excluding carboxylic acids is 2. The molecule has 2 amide bonds. The van der Waals surface area contributed by atoms with Crippen LogP contribution in [0.4, 0.5) is 14.5 Å². The summed E-state index contributed by atoms with van der Waals surface area (Å²) in [7, 11) is 0. The lowest BCUT2D eigenvalue weighted by atomic mass is 9.87. The van der Waals surface area contributed by atoms with E-state index in [1.54, 1.807) is 6.92 Å². The van der Waals surface area contributed by atoms with E-state index in [4.69, 9.17) is 0 Å². The maximum absolute atomic E-state index is 13.6. The van der Waals surface area contributed by atoms with Crippen molar-refractivity contribution < 1.29 is 23.5 Å². The molecular weight excluding hydrogens is 382 g/mol. The number of nitrogens with one attached hydrogen (secondary N) is 1. The molecular formula is C20H18F2N4O3. The van der Waals surface area contributed by atoms with Gasteiger partial charge >= 0.3 is 0 Å². The van der Waals surface area contributed by atoms with E-state index in [-0.39, 0.29) is 30.8 Å². The van der Waals surface area contributed by atoms with Gasteiger partial charge in [-0.1, -0.05) is 0 Å². The van der Waals surface area contributed by atoms with Crippen molar-refractivity contribution in [1.29, 1.82) is 0 Å². The van der Waals surface area contributed by atoms with Gasteiger partial charge in [0.15, 0.2) is 0 Å². The molecule has 1 aliphatic carbocycles. The number of hydrogen-bond acceptors (Lipinski definition) is 5. The fraction of sp³-hybridized carbons (Fsp3) is 0.300. The first kappa shape index (κ1) is 19.1. The summed E-state index contributed by atoms with van der Waals surface area (Å²) in [6.45, 7) is 1.73. The zero-order chi connectivity index (χ0) is 20.7. The molecule has 0 saturated heterocycles. The maximum Gasteiger partial charge on any atom is 0.270 e. The van der Waals surface area contributed by atoms with E-state index in [0.717, 1.165) is 18.2 Å². The minimum Gasteiger partial charge on any atom is -0.389 e. The molecule has 0 spiro atoms. The van der Waals surface area contributed by atoms with E-state index in [0.29, 0.717) is 17.0 Å². The second-order valence-electron chi connectivity index (χ2n) is 7.14. The molecule has 1 aromatic heterocycles. The molecule has 4 rings (SSSR count). The molecule has 2 aliphatic rings. The van der Waals surface area contributed by atoms with Crippen molar-refractivity contribution in [3.05, 3.63) is 64.8 Å². The predicted molar refractivity (Wildman–Crippen MR) is 99.0 cm³/mol. The third kappa shape index (κ3) is 3.73. The summed E-state index contributed by atoms with van der Waals surface area (Å²) < 4.78 is 27.1. The Labute approximate surface area is 165 Å². The van der Waals surface area contributed by atoms with Crippen LogP contribution in [0.3, 0.4) is 0 Å². The number of aliphatic hydroxyl groups is 1. The van der Waals surface area contributed by atoms with Gasteiger partial charge in [0.1, 0.15) is 23.2 Å². The van der Waals surface area contributed by atoms with Crippen molar-refractivity contribution in [1.82, 2.24) is 15.3 Å². The van der Waals surface area contributed by atoms with Crippen LogP contribution in [0, 0.1) is 18.6 Å². The van der Waals surface area contributed by atoms with Crippen LogP contribution in [0.25, 0.3) is 0 Å². The van der Waals surface area contributed by atoms with Crippen LogP contribution in [-0.2, 0) is 4.79 Å². The summed E-state index contributed by atoms with van der Waals surface area (Å²) in [5.41, 5.74) is 1.16. The zero-order valence-corrected chi connectivity index (χ0v) is 15.5. The van der Waals surface area contributed by atoms with Crippen LogP contribution in [0.1, 0.15) is 29.2 Å². The van der Waals surface area contributed by atoms with Gasteiger partial charge in [0.05, 0.1) is 18.3 Å². The van der Waals surface area contributed by atoms with Gasteiger partial charge in [-0.3, -0.25) is 9.59 Å². The number of carbonyl (C=O) groups is 2. The molecule has 7 nitrogen and oxygen atoms in total. The number of rotatable bonds is 3. The third-order valence-corrected chi connectivity index (χ3v) is 5.08. The summed E-state index contributed by atoms with van der Waals surface area (Å²) in [6.07, 6.45) is 0.982. The Balaban J connectivity index is 1.51. The molecule has 2 unspecified atom stereocenters. The Morgan fingerprint density at radius 3 is 2.69 bits per heavy atom. The summed E-state index contributed by atoms with van der Waals surface area (Å²) >= 11 is 0. The quantitative estimate of drug-likeness (QED) is 0.817. The van der Waals surface area contributed by atoms with E-state index in [9.17, 15) is 23.5 Å². The highest BCUT2D eigenvalue weighted by Gasteiger charge is 2.40. The largest absolute Gasteiger partial charge is 0.389 e. The van der Waals surface area contributed by atoms with Crippen molar-refractivity contribution >= 4 is 17.5 Å². The van der Waals surface area contributed by atoms with E-state index in [1.165, 1.54) is 17.2 Å². The highest BCUT2D eigenvalue weighted by atomic mass is 19.1. The van der Waals surface area contributed by atoms with Gasteiger partial charge in [0.2, 0.25) is 0 Å². The first-order chi connectivity index (χ1) is 13.8. The number of nitrogens with zero attached hydrogens (tertiary/aromatic N) is 3. The molecule has 2 heterocycles. The standard InChI is InChI=1S/C20H18F2N4O3/c1-10-23-3-2-17(24-10)19(28)25-13-7-15-16(18(27)8-13)9-26(20(15)29)14-5-11(21)4-12(22)6-14/h2-6,13,18,27H,7-9H2,1H3,(H,25,28). The number of anilines is 1. The van der Waals surface area contributed by atoms with E-state index >= 15 is 0 Å². The van der Waals surface area contributed by atoms with Gasteiger partial charge in [-0.15, -0.1) is 0 Å². The lowest BCUT2D eigenvalue weighted by Gasteiger charge is -2.27. The molecule has 1 aromatic carbocycles. The summed E-state index contributed by atoms with van der Waals surface area (Å²) in [5.74, 6) is -1.98. The van der Waals surface area contributed by atoms with Gasteiger partial charge in [-0.2, -0.15) is 0 Å². The number of aliphatic hydroxyl groups excluding tert-OH is 1. The molecule has 29 heavy (non-hydrogen) atoms. The highest BCUT2D eigenvalue weighted by Crippen LogP contribution is 2.35. The summed E-state index contributed by atoms with van der Waals surface area (Å²) in [4.78, 5) is 34.5. The van der Waals surface area contributed by atoms with Crippen LogP contribution in [-0.4, -0.2) is 45.6 Å². The SMILES string of the molecule is Cc1nccc(C(=O)NC2CC3=C(CN(c4cc(F)cc(F)c4)C3=O)C(O)C2)n1. The predicted octanol–water partition coefficient (Wildman–Crippen LogP) is 1.66. The molecule has 0 saturated carbocycles. The molecule has 2 N–H and O–H groups in total. The van der Waals surface area contributed by atoms with Gasteiger partial charge in [0.25, 0.3) is 11.8 Å². The van der Waals surface area contributed by atoms with Crippen LogP contribution >= 0.6 is 0 Å². The number of aryl methyl sites for hydroxylation is 1. The molecule has 0 radical (unpaired) electrons. The summed E-state index contributed by atoms with van der Waals surface area (Å²) in [5, 5.41) is 13.3. The van der Waals surface area contributed by atoms with Gasteiger partial charge < -0.3 is 15.3 Å². The molecule has 9 heteroatoms. The first-order valence-electron chi connectivity index (χ1n) is 9.10. The second-order valence-corrected chi connectivity index (χ2v) is 7.14. The average Bonchev–Trinajstić information content (AvgIpc) is 2.98. The number of hydrogen-bond donors (Lipinski definition) is 2. The van der Waals surface area contributed by atoms with Gasteiger partial charge in [0, 0.05) is 23.9 Å². The lowest BCUT2D eigenvalue weighted by Crippen LogP contribution is -2.41. The molecule has 2 aromatic rings. The normalized spacial score (nSPS) is 21.4. The van der Waals surface area contributed by atoms with Crippen molar-refractivity contribution in [2.45, 2.75) is 31.9 Å². The third-order valence-electron chi connectivity index (χ3n) is 5.08. The monoisotopic (exact) mass is 400 g/mol. The molecule has 1 aliphatic heterocycles. The zero-order valence-electron chi connectivity index (χ0n) is 15.5. The lowest BCUT2D eigenvalue weighted by molar-refractivity contribution is -0.114. The molecule has 0 bridgehead atoms. The number of benzene rings is 1. The number of aromatic nitrogens is 2. The van der Waals surface area contributed by atoms with Crippen molar-refractivity contribution in [3.8, 4) is 0 Å². The Morgan fingerprint density at radius 2 is 2.00 bits per heavy atom. The minimum absolute atomic E-state index is 0.0595. The molecule has 0 fully saturated rings. The Kier molecular flexibility index (Phi) is 4.83. The summed E-state index contributed by atoms with van der Waals surface area (Å²) in [6, 6.07) is 3.88. The van der Waals surface area contributed by atoms with Crippen LogP contribution in [0.15, 0.2) is 41.6 Å². The Bertz CT molecular complexity index is 1020. The van der Waals surface area contributed by atoms with Crippen LogP contribution < -0.4 is 10.2 Å². The smallest absolute Gasteiger partial charge is 0.270 e. The van der Waals surface area contributed by atoms with Crippen molar-refractivity contribution in [2.75, 3.05) is 11.4 Å². The Hall–Kier alpha value is -3.20. The van der Waals surface area contributed by atoms with E-state index < -0.39 is 35.6 Å². The maximum atomic E-state index is 13.6. The number of halogens is 2. The van der Waals surface area contributed by atoms with Gasteiger partial charge in [-0.05, 0) is 43.5 Å². The first-order valence-corrected chi connectivity index (χ1v) is 9.10. The fourth-order valence-corrected chi connectivity index (χ4v) is 3.76. The Morgan fingerprint density at radius 1 is 1.28 bits per heavy atom. The number of amides is 2. The second kappa shape index (κ2) is 7.32.